The van der Waals surface area contributed by atoms with Gasteiger partial charge in [-0.3, -0.25) is 9.69 Å². The Bertz CT molecular complexity index is 691. The summed E-state index contributed by atoms with van der Waals surface area (Å²) in [7, 11) is 2.06. The first kappa shape index (κ1) is 17.0. The average molecular weight is 327 g/mol. The molecular formula is C20H29N3O. The third kappa shape index (κ3) is 4.18. The lowest BCUT2D eigenvalue weighted by atomic mass is 10.0. The van der Waals surface area contributed by atoms with E-state index in [0.717, 1.165) is 19.5 Å². The fourth-order valence-electron chi connectivity index (χ4n) is 3.64. The predicted octanol–water partition coefficient (Wildman–Crippen LogP) is 3.10. The van der Waals surface area contributed by atoms with Crippen LogP contribution in [0.5, 0.6) is 0 Å². The molecule has 0 radical (unpaired) electrons. The number of carbonyl (C=O) groups excluding carboxylic acids is 1. The highest BCUT2D eigenvalue weighted by molar-refractivity contribution is 5.81. The van der Waals surface area contributed by atoms with Gasteiger partial charge in [-0.05, 0) is 55.8 Å². The summed E-state index contributed by atoms with van der Waals surface area (Å²) < 4.78 is 2.12. The second-order valence-electron chi connectivity index (χ2n) is 7.05. The van der Waals surface area contributed by atoms with Gasteiger partial charge in [-0.1, -0.05) is 18.6 Å². The van der Waals surface area contributed by atoms with Crippen LogP contribution in [0.3, 0.4) is 0 Å². The maximum absolute atomic E-state index is 12.1. The molecule has 3 rings (SSSR count). The predicted molar refractivity (Wildman–Crippen MR) is 99.1 cm³/mol. The van der Waals surface area contributed by atoms with Gasteiger partial charge >= 0.3 is 0 Å². The van der Waals surface area contributed by atoms with E-state index in [-0.39, 0.29) is 5.91 Å². The van der Waals surface area contributed by atoms with E-state index in [2.05, 4.69) is 59.2 Å². The smallest absolute Gasteiger partial charge is 0.220 e. The van der Waals surface area contributed by atoms with Crippen molar-refractivity contribution in [1.82, 2.24) is 14.8 Å². The van der Waals surface area contributed by atoms with Crippen LogP contribution in [-0.2, 0) is 18.3 Å². The van der Waals surface area contributed by atoms with Crippen LogP contribution in [0.4, 0.5) is 0 Å². The summed E-state index contributed by atoms with van der Waals surface area (Å²) in [6, 6.07) is 9.24. The van der Waals surface area contributed by atoms with E-state index in [1.54, 1.807) is 0 Å². The molecule has 1 atom stereocenters. The lowest BCUT2D eigenvalue weighted by molar-refractivity contribution is -0.121. The molecule has 0 aliphatic carbocycles. The first-order valence-corrected chi connectivity index (χ1v) is 9.18. The molecule has 1 saturated heterocycles. The molecule has 0 saturated carbocycles. The minimum Gasteiger partial charge on any atom is -0.355 e. The van der Waals surface area contributed by atoms with Gasteiger partial charge in [-0.25, -0.2) is 0 Å². The Morgan fingerprint density at radius 2 is 2.17 bits per heavy atom. The number of piperidine rings is 1. The number of amides is 1. The second kappa shape index (κ2) is 7.84. The number of hydrogen-bond acceptors (Lipinski definition) is 2. The van der Waals surface area contributed by atoms with Crippen molar-refractivity contribution in [2.75, 3.05) is 19.6 Å². The molecule has 1 aromatic heterocycles. The van der Waals surface area contributed by atoms with Crippen LogP contribution >= 0.6 is 0 Å². The molecule has 1 aliphatic heterocycles. The Morgan fingerprint density at radius 1 is 1.29 bits per heavy atom. The van der Waals surface area contributed by atoms with E-state index in [0.29, 0.717) is 12.5 Å². The molecule has 1 amide bonds. The lowest BCUT2D eigenvalue weighted by Crippen LogP contribution is -2.42. The van der Waals surface area contributed by atoms with E-state index in [1.807, 2.05) is 0 Å². The largest absolute Gasteiger partial charge is 0.355 e. The summed E-state index contributed by atoms with van der Waals surface area (Å²) in [4.78, 5) is 14.6. The first-order chi connectivity index (χ1) is 11.6. The number of carbonyl (C=O) groups is 1. The fourth-order valence-corrected chi connectivity index (χ4v) is 3.64. The summed E-state index contributed by atoms with van der Waals surface area (Å²) in [6.45, 7) is 5.21. The van der Waals surface area contributed by atoms with E-state index in [4.69, 9.17) is 0 Å². The van der Waals surface area contributed by atoms with Crippen molar-refractivity contribution in [3.8, 4) is 0 Å². The Hall–Kier alpha value is -1.81. The third-order valence-corrected chi connectivity index (χ3v) is 5.26. The van der Waals surface area contributed by atoms with Crippen LogP contribution in [0.1, 0.15) is 38.2 Å². The molecule has 1 aromatic carbocycles. The minimum absolute atomic E-state index is 0.159. The van der Waals surface area contributed by atoms with Gasteiger partial charge in [0.1, 0.15) is 0 Å². The van der Waals surface area contributed by atoms with Crippen molar-refractivity contribution in [3.05, 3.63) is 36.0 Å². The quantitative estimate of drug-likeness (QED) is 0.885. The zero-order chi connectivity index (χ0) is 16.9. The van der Waals surface area contributed by atoms with Crippen molar-refractivity contribution in [2.24, 2.45) is 7.05 Å². The molecule has 0 spiro atoms. The van der Waals surface area contributed by atoms with Crippen LogP contribution < -0.4 is 5.32 Å². The van der Waals surface area contributed by atoms with Crippen molar-refractivity contribution in [2.45, 2.75) is 45.1 Å². The SMILES string of the molecule is C[C@@H]1CCCCN1CCNC(=O)CCc1ccc2ccn(C)c2c1. The van der Waals surface area contributed by atoms with Crippen LogP contribution in [0.2, 0.25) is 0 Å². The van der Waals surface area contributed by atoms with Crippen LogP contribution in [0.15, 0.2) is 30.5 Å². The van der Waals surface area contributed by atoms with E-state index >= 15 is 0 Å². The summed E-state index contributed by atoms with van der Waals surface area (Å²) in [5.74, 6) is 0.159. The van der Waals surface area contributed by atoms with Crippen molar-refractivity contribution < 1.29 is 4.79 Å². The standard InChI is InChI=1S/C20H29N3O/c1-16-5-3-4-12-23(16)14-11-21-20(24)9-7-17-6-8-18-10-13-22(2)19(18)15-17/h6,8,10,13,15-16H,3-5,7,9,11-12,14H2,1-2H3,(H,21,24)/t16-/m1/s1. The maximum Gasteiger partial charge on any atom is 0.220 e. The average Bonchev–Trinajstić information content (AvgIpc) is 2.95. The Balaban J connectivity index is 1.42. The molecule has 1 fully saturated rings. The minimum atomic E-state index is 0.159. The normalized spacial score (nSPS) is 18.8. The highest BCUT2D eigenvalue weighted by Gasteiger charge is 2.17. The monoisotopic (exact) mass is 327 g/mol. The molecular weight excluding hydrogens is 298 g/mol. The summed E-state index contributed by atoms with van der Waals surface area (Å²) in [5, 5.41) is 4.33. The molecule has 1 N–H and O–H groups in total. The van der Waals surface area contributed by atoms with Gasteiger partial charge in [0.15, 0.2) is 0 Å². The maximum atomic E-state index is 12.1. The molecule has 2 heterocycles. The van der Waals surface area contributed by atoms with Crippen LogP contribution in [-0.4, -0.2) is 41.1 Å². The Labute approximate surface area is 144 Å². The molecule has 4 heteroatoms. The van der Waals surface area contributed by atoms with Gasteiger partial charge in [-0.2, -0.15) is 0 Å². The molecule has 24 heavy (non-hydrogen) atoms. The molecule has 0 unspecified atom stereocenters. The van der Waals surface area contributed by atoms with Gasteiger partial charge in [0, 0.05) is 44.3 Å². The molecule has 2 aromatic rings. The van der Waals surface area contributed by atoms with Gasteiger partial charge < -0.3 is 9.88 Å². The zero-order valence-corrected chi connectivity index (χ0v) is 14.9. The number of hydrogen-bond donors (Lipinski definition) is 1. The lowest BCUT2D eigenvalue weighted by Gasteiger charge is -2.33. The Morgan fingerprint density at radius 3 is 3.00 bits per heavy atom. The summed E-state index contributed by atoms with van der Waals surface area (Å²) in [5.41, 5.74) is 2.45. The molecule has 0 bridgehead atoms. The van der Waals surface area contributed by atoms with Gasteiger partial charge in [0.25, 0.3) is 0 Å². The number of nitrogens with one attached hydrogen (secondary N) is 1. The highest BCUT2D eigenvalue weighted by Crippen LogP contribution is 2.18. The van der Waals surface area contributed by atoms with Gasteiger partial charge in [-0.15, -0.1) is 0 Å². The van der Waals surface area contributed by atoms with Crippen molar-refractivity contribution >= 4 is 16.8 Å². The summed E-state index contributed by atoms with van der Waals surface area (Å²) >= 11 is 0. The number of rotatable bonds is 6. The Kier molecular flexibility index (Phi) is 5.56. The molecule has 130 valence electrons. The highest BCUT2D eigenvalue weighted by atomic mass is 16.1. The third-order valence-electron chi connectivity index (χ3n) is 5.26. The van der Waals surface area contributed by atoms with Crippen LogP contribution in [0, 0.1) is 0 Å². The number of likely N-dealkylation sites (tertiary alicyclic amines) is 1. The molecule has 1 aliphatic rings. The number of fused-ring (bicyclic) bond motifs is 1. The van der Waals surface area contributed by atoms with Crippen LogP contribution in [0.25, 0.3) is 10.9 Å². The van der Waals surface area contributed by atoms with E-state index < -0.39 is 0 Å². The fraction of sp³-hybridized carbons (Fsp3) is 0.550. The number of nitrogens with zero attached hydrogens (tertiary/aromatic N) is 2. The van der Waals surface area contributed by atoms with E-state index in [1.165, 1.54) is 42.3 Å². The number of benzene rings is 1. The number of aryl methyl sites for hydroxylation is 2. The van der Waals surface area contributed by atoms with Crippen molar-refractivity contribution in [3.63, 3.8) is 0 Å². The topological polar surface area (TPSA) is 37.3 Å². The second-order valence-corrected chi connectivity index (χ2v) is 7.05. The zero-order valence-electron chi connectivity index (χ0n) is 14.9. The number of aromatic nitrogens is 1. The van der Waals surface area contributed by atoms with Gasteiger partial charge in [0.2, 0.25) is 5.91 Å². The van der Waals surface area contributed by atoms with Crippen molar-refractivity contribution in [1.29, 1.82) is 0 Å². The first-order valence-electron chi connectivity index (χ1n) is 9.18. The summed E-state index contributed by atoms with van der Waals surface area (Å²) in [6.07, 6.45) is 7.35. The molecule has 4 nitrogen and oxygen atoms in total. The van der Waals surface area contributed by atoms with Gasteiger partial charge in [0.05, 0.1) is 0 Å². The van der Waals surface area contributed by atoms with E-state index in [9.17, 15) is 4.79 Å².